The van der Waals surface area contributed by atoms with Gasteiger partial charge in [0.15, 0.2) is 5.75 Å². The van der Waals surface area contributed by atoms with Gasteiger partial charge in [0.05, 0.1) is 18.2 Å². The first kappa shape index (κ1) is 15.6. The van der Waals surface area contributed by atoms with Crippen LogP contribution < -0.4 is 9.47 Å². The van der Waals surface area contributed by atoms with Gasteiger partial charge in [-0.05, 0) is 49.7 Å². The SMILES string of the molecule is COc1cccc(-c2cc(Cl)c3cccnc3c2OC(C)C)c1. The van der Waals surface area contributed by atoms with Crippen LogP contribution in [0.25, 0.3) is 22.0 Å². The van der Waals surface area contributed by atoms with Crippen molar-refractivity contribution in [1.82, 2.24) is 4.98 Å². The molecule has 3 nitrogen and oxygen atoms in total. The highest BCUT2D eigenvalue weighted by Gasteiger charge is 2.16. The van der Waals surface area contributed by atoms with Crippen LogP contribution in [-0.2, 0) is 0 Å². The molecule has 0 N–H and O–H groups in total. The molecule has 0 aliphatic carbocycles. The van der Waals surface area contributed by atoms with Crippen LogP contribution in [0, 0.1) is 0 Å². The van der Waals surface area contributed by atoms with Gasteiger partial charge in [0, 0.05) is 17.1 Å². The maximum atomic E-state index is 6.47. The van der Waals surface area contributed by atoms with Crippen LogP contribution in [0.15, 0.2) is 48.7 Å². The first-order valence-electron chi connectivity index (χ1n) is 7.48. The Balaban J connectivity index is 2.30. The summed E-state index contributed by atoms with van der Waals surface area (Å²) in [5.41, 5.74) is 2.66. The maximum Gasteiger partial charge on any atom is 0.153 e. The first-order valence-corrected chi connectivity index (χ1v) is 7.86. The monoisotopic (exact) mass is 327 g/mol. The van der Waals surface area contributed by atoms with E-state index in [-0.39, 0.29) is 6.10 Å². The minimum Gasteiger partial charge on any atom is -0.497 e. The van der Waals surface area contributed by atoms with E-state index in [0.29, 0.717) is 5.02 Å². The van der Waals surface area contributed by atoms with Gasteiger partial charge >= 0.3 is 0 Å². The lowest BCUT2D eigenvalue weighted by Gasteiger charge is -2.17. The van der Waals surface area contributed by atoms with Crippen molar-refractivity contribution >= 4 is 22.5 Å². The van der Waals surface area contributed by atoms with E-state index in [1.54, 1.807) is 13.3 Å². The van der Waals surface area contributed by atoms with Crippen molar-refractivity contribution in [1.29, 1.82) is 0 Å². The van der Waals surface area contributed by atoms with E-state index in [4.69, 9.17) is 21.1 Å². The molecule has 2 aromatic carbocycles. The molecule has 0 aliphatic heterocycles. The van der Waals surface area contributed by atoms with E-state index in [1.807, 2.05) is 56.3 Å². The molecule has 0 atom stereocenters. The molecule has 0 unspecified atom stereocenters. The summed E-state index contributed by atoms with van der Waals surface area (Å²) >= 11 is 6.47. The predicted molar refractivity (Wildman–Crippen MR) is 94.5 cm³/mol. The molecule has 0 amide bonds. The van der Waals surface area contributed by atoms with Crippen molar-refractivity contribution in [3.8, 4) is 22.6 Å². The Morgan fingerprint density at radius 2 is 1.91 bits per heavy atom. The molecule has 0 radical (unpaired) electrons. The molecule has 3 aromatic rings. The van der Waals surface area contributed by atoms with Crippen LogP contribution in [-0.4, -0.2) is 18.2 Å². The van der Waals surface area contributed by atoms with E-state index in [9.17, 15) is 0 Å². The molecule has 3 rings (SSSR count). The number of pyridine rings is 1. The molecule has 0 spiro atoms. The number of hydrogen-bond donors (Lipinski definition) is 0. The summed E-state index contributed by atoms with van der Waals surface area (Å²) in [6.07, 6.45) is 1.78. The lowest BCUT2D eigenvalue weighted by Crippen LogP contribution is -2.07. The van der Waals surface area contributed by atoms with Gasteiger partial charge < -0.3 is 9.47 Å². The zero-order valence-electron chi connectivity index (χ0n) is 13.3. The van der Waals surface area contributed by atoms with Crippen molar-refractivity contribution in [2.75, 3.05) is 7.11 Å². The van der Waals surface area contributed by atoms with E-state index in [1.165, 1.54) is 0 Å². The van der Waals surface area contributed by atoms with E-state index >= 15 is 0 Å². The van der Waals surface area contributed by atoms with Crippen LogP contribution >= 0.6 is 11.6 Å². The van der Waals surface area contributed by atoms with Gasteiger partial charge in [-0.25, -0.2) is 0 Å². The molecule has 0 aliphatic rings. The van der Waals surface area contributed by atoms with Crippen molar-refractivity contribution in [2.45, 2.75) is 20.0 Å². The average molecular weight is 328 g/mol. The third-order valence-corrected chi connectivity index (χ3v) is 3.84. The Kier molecular flexibility index (Phi) is 4.39. The Labute approximate surface area is 140 Å². The van der Waals surface area contributed by atoms with Crippen molar-refractivity contribution in [3.63, 3.8) is 0 Å². The summed E-state index contributed by atoms with van der Waals surface area (Å²) in [4.78, 5) is 4.48. The molecule has 0 fully saturated rings. The molecule has 1 heterocycles. The number of ether oxygens (including phenoxy) is 2. The van der Waals surface area contributed by atoms with E-state index in [0.717, 1.165) is 33.5 Å². The Morgan fingerprint density at radius 1 is 1.09 bits per heavy atom. The molecule has 1 aromatic heterocycles. The Bertz CT molecular complexity index is 846. The normalized spacial score (nSPS) is 11.0. The van der Waals surface area contributed by atoms with Crippen LogP contribution in [0.2, 0.25) is 5.02 Å². The first-order chi connectivity index (χ1) is 11.1. The lowest BCUT2D eigenvalue weighted by molar-refractivity contribution is 0.246. The summed E-state index contributed by atoms with van der Waals surface area (Å²) in [7, 11) is 1.65. The number of nitrogens with zero attached hydrogens (tertiary/aromatic N) is 1. The predicted octanol–water partition coefficient (Wildman–Crippen LogP) is 5.35. The number of benzene rings is 2. The van der Waals surface area contributed by atoms with Gasteiger partial charge in [-0.15, -0.1) is 0 Å². The van der Waals surface area contributed by atoms with Crippen molar-refractivity contribution < 1.29 is 9.47 Å². The van der Waals surface area contributed by atoms with Gasteiger partial charge in [0.25, 0.3) is 0 Å². The standard InChI is InChI=1S/C19H18ClNO2/c1-12(2)23-19-16(13-6-4-7-14(10-13)22-3)11-17(20)15-8-5-9-21-18(15)19/h4-12H,1-3H3. The molecular weight excluding hydrogens is 310 g/mol. The maximum absolute atomic E-state index is 6.47. The molecule has 0 saturated heterocycles. The summed E-state index contributed by atoms with van der Waals surface area (Å²) in [6.45, 7) is 4.00. The third kappa shape index (κ3) is 3.10. The quantitative estimate of drug-likeness (QED) is 0.647. The van der Waals surface area contributed by atoms with Gasteiger partial charge in [0.2, 0.25) is 0 Å². The van der Waals surface area contributed by atoms with Crippen LogP contribution in [0.4, 0.5) is 0 Å². The van der Waals surface area contributed by atoms with Crippen LogP contribution in [0.3, 0.4) is 0 Å². The topological polar surface area (TPSA) is 31.4 Å². The molecule has 118 valence electrons. The number of halogens is 1. The minimum atomic E-state index is 0.0331. The number of fused-ring (bicyclic) bond motifs is 1. The molecule has 0 bridgehead atoms. The fraction of sp³-hybridized carbons (Fsp3) is 0.211. The minimum absolute atomic E-state index is 0.0331. The van der Waals surface area contributed by atoms with Crippen molar-refractivity contribution in [2.24, 2.45) is 0 Å². The highest BCUT2D eigenvalue weighted by Crippen LogP contribution is 2.41. The zero-order chi connectivity index (χ0) is 16.4. The van der Waals surface area contributed by atoms with Gasteiger partial charge in [0.1, 0.15) is 11.3 Å². The summed E-state index contributed by atoms with van der Waals surface area (Å²) in [6, 6.07) is 13.6. The summed E-state index contributed by atoms with van der Waals surface area (Å²) in [5.74, 6) is 1.53. The van der Waals surface area contributed by atoms with E-state index in [2.05, 4.69) is 4.98 Å². The van der Waals surface area contributed by atoms with Gasteiger partial charge in [-0.2, -0.15) is 0 Å². The van der Waals surface area contributed by atoms with Gasteiger partial charge in [-0.3, -0.25) is 4.98 Å². The molecule has 23 heavy (non-hydrogen) atoms. The highest BCUT2D eigenvalue weighted by molar-refractivity contribution is 6.36. The van der Waals surface area contributed by atoms with Gasteiger partial charge in [-0.1, -0.05) is 23.7 Å². The third-order valence-electron chi connectivity index (χ3n) is 3.53. The zero-order valence-corrected chi connectivity index (χ0v) is 14.1. The van der Waals surface area contributed by atoms with Crippen molar-refractivity contribution in [3.05, 3.63) is 53.7 Å². The number of hydrogen-bond acceptors (Lipinski definition) is 3. The number of aromatic nitrogens is 1. The summed E-state index contributed by atoms with van der Waals surface area (Å²) < 4.78 is 11.4. The largest absolute Gasteiger partial charge is 0.497 e. The Hall–Kier alpha value is -2.26. The second kappa shape index (κ2) is 6.47. The fourth-order valence-corrected chi connectivity index (χ4v) is 2.80. The second-order valence-electron chi connectivity index (χ2n) is 5.53. The molecular formula is C19H18ClNO2. The second-order valence-corrected chi connectivity index (χ2v) is 5.94. The smallest absolute Gasteiger partial charge is 0.153 e. The van der Waals surface area contributed by atoms with E-state index < -0.39 is 0 Å². The average Bonchev–Trinajstić information content (AvgIpc) is 2.57. The van der Waals surface area contributed by atoms with Crippen LogP contribution in [0.1, 0.15) is 13.8 Å². The lowest BCUT2D eigenvalue weighted by atomic mass is 10.0. The molecule has 0 saturated carbocycles. The Morgan fingerprint density at radius 3 is 2.65 bits per heavy atom. The number of methoxy groups -OCH3 is 1. The van der Waals surface area contributed by atoms with Crippen LogP contribution in [0.5, 0.6) is 11.5 Å². The fourth-order valence-electron chi connectivity index (χ4n) is 2.54. The highest BCUT2D eigenvalue weighted by atomic mass is 35.5. The molecule has 4 heteroatoms. The summed E-state index contributed by atoms with van der Waals surface area (Å²) in [5, 5.41) is 1.54. The number of rotatable bonds is 4.